The van der Waals surface area contributed by atoms with Gasteiger partial charge < -0.3 is 0 Å². The zero-order chi connectivity index (χ0) is 16.4. The van der Waals surface area contributed by atoms with Crippen molar-refractivity contribution in [1.82, 2.24) is 0 Å². The molecule has 0 aliphatic carbocycles. The van der Waals surface area contributed by atoms with E-state index < -0.39 is 22.8 Å². The predicted molar refractivity (Wildman–Crippen MR) is 84.8 cm³/mol. The smallest absolute Gasteiger partial charge is 0.123 e. The standard InChI is InChI=1S/C19H12BF3/c20-19(13-4-1-7-16(21)10-13,14-5-2-8-17(22)11-14)15-6-3-9-18(23)12-15/h1-12H. The van der Waals surface area contributed by atoms with Gasteiger partial charge >= 0.3 is 0 Å². The Kier molecular flexibility index (Phi) is 3.99. The van der Waals surface area contributed by atoms with Crippen molar-refractivity contribution >= 4 is 7.85 Å². The number of halogens is 3. The molecule has 0 unspecified atom stereocenters. The molecule has 112 valence electrons. The van der Waals surface area contributed by atoms with Crippen molar-refractivity contribution in [1.29, 1.82) is 0 Å². The number of hydrogen-bond donors (Lipinski definition) is 0. The average Bonchev–Trinajstić information content (AvgIpc) is 2.54. The molecule has 0 bridgehead atoms. The van der Waals surface area contributed by atoms with E-state index in [1.165, 1.54) is 54.6 Å². The minimum absolute atomic E-state index is 0.411. The topological polar surface area (TPSA) is 0 Å². The first kappa shape index (κ1) is 15.4. The Morgan fingerprint density at radius 2 is 0.870 bits per heavy atom. The van der Waals surface area contributed by atoms with Crippen LogP contribution in [0.15, 0.2) is 72.8 Å². The molecular weight excluding hydrogens is 296 g/mol. The van der Waals surface area contributed by atoms with Gasteiger partial charge in [0.05, 0.1) is 7.85 Å². The van der Waals surface area contributed by atoms with Gasteiger partial charge in [-0.1, -0.05) is 36.4 Å². The molecule has 0 fully saturated rings. The summed E-state index contributed by atoms with van der Waals surface area (Å²) in [6, 6.07) is 17.2. The highest BCUT2D eigenvalue weighted by Crippen LogP contribution is 2.36. The van der Waals surface area contributed by atoms with Crippen LogP contribution in [0.25, 0.3) is 0 Å². The van der Waals surface area contributed by atoms with Crippen LogP contribution in [0, 0.1) is 17.5 Å². The van der Waals surface area contributed by atoms with E-state index in [1.807, 2.05) is 0 Å². The molecule has 0 aliphatic rings. The van der Waals surface area contributed by atoms with E-state index in [0.717, 1.165) is 0 Å². The van der Waals surface area contributed by atoms with Gasteiger partial charge in [0, 0.05) is 5.31 Å². The molecule has 0 aromatic heterocycles. The summed E-state index contributed by atoms with van der Waals surface area (Å²) in [6.45, 7) is 0. The minimum Gasteiger partial charge on any atom is -0.207 e. The van der Waals surface area contributed by atoms with Crippen molar-refractivity contribution < 1.29 is 13.2 Å². The van der Waals surface area contributed by atoms with Crippen molar-refractivity contribution in [2.24, 2.45) is 0 Å². The summed E-state index contributed by atoms with van der Waals surface area (Å²) in [5.74, 6) is -1.40. The number of hydrogen-bond acceptors (Lipinski definition) is 0. The lowest BCUT2D eigenvalue weighted by atomic mass is 9.56. The van der Waals surface area contributed by atoms with E-state index in [-0.39, 0.29) is 0 Å². The molecule has 2 radical (unpaired) electrons. The summed E-state index contributed by atoms with van der Waals surface area (Å²) in [5.41, 5.74) is 1.23. The zero-order valence-electron chi connectivity index (χ0n) is 12.1. The van der Waals surface area contributed by atoms with Gasteiger partial charge in [-0.25, -0.2) is 13.2 Å². The number of rotatable bonds is 3. The first-order valence-corrected chi connectivity index (χ1v) is 7.07. The highest BCUT2D eigenvalue weighted by Gasteiger charge is 2.31. The van der Waals surface area contributed by atoms with Gasteiger partial charge in [-0.15, -0.1) is 0 Å². The van der Waals surface area contributed by atoms with Gasteiger partial charge in [0.1, 0.15) is 17.5 Å². The molecule has 23 heavy (non-hydrogen) atoms. The highest BCUT2D eigenvalue weighted by atomic mass is 19.1. The van der Waals surface area contributed by atoms with E-state index in [2.05, 4.69) is 0 Å². The molecule has 3 rings (SSSR count). The van der Waals surface area contributed by atoms with E-state index in [4.69, 9.17) is 7.85 Å². The molecule has 0 N–H and O–H groups in total. The van der Waals surface area contributed by atoms with Crippen LogP contribution in [0.4, 0.5) is 13.2 Å². The quantitative estimate of drug-likeness (QED) is 0.491. The van der Waals surface area contributed by atoms with Gasteiger partial charge in [-0.3, -0.25) is 0 Å². The van der Waals surface area contributed by atoms with Gasteiger partial charge in [-0.05, 0) is 53.1 Å². The zero-order valence-corrected chi connectivity index (χ0v) is 12.1. The van der Waals surface area contributed by atoms with E-state index in [0.29, 0.717) is 16.7 Å². The first-order valence-electron chi connectivity index (χ1n) is 7.07. The molecule has 0 aliphatic heterocycles. The van der Waals surface area contributed by atoms with Crippen LogP contribution >= 0.6 is 0 Å². The maximum absolute atomic E-state index is 13.7. The van der Waals surface area contributed by atoms with E-state index >= 15 is 0 Å². The SMILES string of the molecule is [B]C(c1cccc(F)c1)(c1cccc(F)c1)c1cccc(F)c1. The van der Waals surface area contributed by atoms with Crippen LogP contribution in [0.2, 0.25) is 0 Å². The lowest BCUT2D eigenvalue weighted by Crippen LogP contribution is -2.30. The third kappa shape index (κ3) is 2.89. The predicted octanol–water partition coefficient (Wildman–Crippen LogP) is 4.56. The molecule has 0 amide bonds. The summed E-state index contributed by atoms with van der Waals surface area (Å²) in [7, 11) is 6.57. The minimum atomic E-state index is -1.37. The first-order chi connectivity index (χ1) is 11.0. The molecular formula is C19H12BF3. The van der Waals surface area contributed by atoms with Crippen LogP contribution in [-0.2, 0) is 5.31 Å². The monoisotopic (exact) mass is 308 g/mol. The van der Waals surface area contributed by atoms with Gasteiger partial charge in [-0.2, -0.15) is 0 Å². The summed E-state index contributed by atoms with van der Waals surface area (Å²) < 4.78 is 41.1. The van der Waals surface area contributed by atoms with Crippen molar-refractivity contribution in [2.45, 2.75) is 5.31 Å². The third-order valence-electron chi connectivity index (χ3n) is 3.84. The third-order valence-corrected chi connectivity index (χ3v) is 3.84. The van der Waals surface area contributed by atoms with Gasteiger partial charge in [0.25, 0.3) is 0 Å². The van der Waals surface area contributed by atoms with Crippen molar-refractivity contribution in [2.75, 3.05) is 0 Å². The summed E-state index contributed by atoms with van der Waals surface area (Å²) in [6.07, 6.45) is 0. The Morgan fingerprint density at radius 1 is 0.565 bits per heavy atom. The fourth-order valence-corrected chi connectivity index (χ4v) is 2.70. The molecule has 0 atom stereocenters. The summed E-state index contributed by atoms with van der Waals surface area (Å²) in [4.78, 5) is 0. The summed E-state index contributed by atoms with van der Waals surface area (Å²) in [5, 5.41) is -1.37. The van der Waals surface area contributed by atoms with Crippen molar-refractivity contribution in [3.63, 3.8) is 0 Å². The largest absolute Gasteiger partial charge is 0.207 e. The Labute approximate surface area is 134 Å². The fraction of sp³-hybridized carbons (Fsp3) is 0.0526. The molecule has 3 aromatic carbocycles. The van der Waals surface area contributed by atoms with E-state index in [1.54, 1.807) is 18.2 Å². The van der Waals surface area contributed by atoms with Gasteiger partial charge in [0.15, 0.2) is 0 Å². The number of benzene rings is 3. The van der Waals surface area contributed by atoms with Crippen LogP contribution in [0.1, 0.15) is 16.7 Å². The molecule has 0 spiro atoms. The second-order valence-corrected chi connectivity index (χ2v) is 5.34. The normalized spacial score (nSPS) is 11.4. The van der Waals surface area contributed by atoms with Gasteiger partial charge in [0.2, 0.25) is 0 Å². The Hall–Kier alpha value is -2.49. The van der Waals surface area contributed by atoms with Crippen molar-refractivity contribution in [3.05, 3.63) is 107 Å². The molecule has 0 heterocycles. The lowest BCUT2D eigenvalue weighted by Gasteiger charge is -2.32. The maximum Gasteiger partial charge on any atom is 0.123 e. The van der Waals surface area contributed by atoms with Crippen LogP contribution in [0.3, 0.4) is 0 Å². The highest BCUT2D eigenvalue weighted by molar-refractivity contribution is 6.20. The molecule has 0 saturated carbocycles. The Balaban J connectivity index is 2.29. The van der Waals surface area contributed by atoms with Crippen molar-refractivity contribution in [3.8, 4) is 0 Å². The fourth-order valence-electron chi connectivity index (χ4n) is 2.70. The average molecular weight is 308 g/mol. The van der Waals surface area contributed by atoms with Crippen LogP contribution in [0.5, 0.6) is 0 Å². The van der Waals surface area contributed by atoms with Crippen LogP contribution < -0.4 is 0 Å². The second kappa shape index (κ2) is 5.96. The Morgan fingerprint density at radius 3 is 1.13 bits per heavy atom. The second-order valence-electron chi connectivity index (χ2n) is 5.34. The molecule has 3 aromatic rings. The van der Waals surface area contributed by atoms with Crippen LogP contribution in [-0.4, -0.2) is 7.85 Å². The maximum atomic E-state index is 13.7. The van der Waals surface area contributed by atoms with E-state index in [9.17, 15) is 13.2 Å². The lowest BCUT2D eigenvalue weighted by molar-refractivity contribution is 0.615. The molecule has 0 saturated heterocycles. The summed E-state index contributed by atoms with van der Waals surface area (Å²) >= 11 is 0. The molecule has 4 heteroatoms. The Bertz CT molecular complexity index is 734. The molecule has 0 nitrogen and oxygen atoms in total.